The number of carbonyl (C=O) groups is 2. The number of carboxylic acids is 1. The average molecular weight is 379 g/mol. The molecule has 2 aromatic rings. The molecule has 0 atom stereocenters. The number of hydrogen-bond acceptors (Lipinski definition) is 3. The highest BCUT2D eigenvalue weighted by Gasteiger charge is 2.11. The Morgan fingerprint density at radius 2 is 1.68 bits per heavy atom. The molecular formula is C15H11BrN2O3S. The Morgan fingerprint density at radius 1 is 1.05 bits per heavy atom. The van der Waals surface area contributed by atoms with E-state index in [0.29, 0.717) is 15.7 Å². The molecule has 3 N–H and O–H groups in total. The molecule has 1 amide bonds. The van der Waals surface area contributed by atoms with Gasteiger partial charge in [-0.2, -0.15) is 0 Å². The molecule has 0 aliphatic heterocycles. The summed E-state index contributed by atoms with van der Waals surface area (Å²) in [7, 11) is 0. The molecular weight excluding hydrogens is 368 g/mol. The minimum absolute atomic E-state index is 0.129. The van der Waals surface area contributed by atoms with Gasteiger partial charge in [0, 0.05) is 10.2 Å². The van der Waals surface area contributed by atoms with Crippen LogP contribution in [0.3, 0.4) is 0 Å². The molecule has 0 bridgehead atoms. The van der Waals surface area contributed by atoms with E-state index in [-0.39, 0.29) is 16.6 Å². The van der Waals surface area contributed by atoms with Crippen LogP contribution in [0.4, 0.5) is 5.69 Å². The van der Waals surface area contributed by atoms with Gasteiger partial charge in [0.2, 0.25) is 0 Å². The van der Waals surface area contributed by atoms with Gasteiger partial charge in [0.15, 0.2) is 5.11 Å². The number of carboxylic acid groups (broad SMARTS) is 1. The van der Waals surface area contributed by atoms with E-state index in [4.69, 9.17) is 17.3 Å². The predicted molar refractivity (Wildman–Crippen MR) is 91.2 cm³/mol. The Morgan fingerprint density at radius 3 is 2.27 bits per heavy atom. The molecule has 0 spiro atoms. The fourth-order valence-electron chi connectivity index (χ4n) is 1.67. The molecule has 112 valence electrons. The molecule has 0 unspecified atom stereocenters. The maximum absolute atomic E-state index is 12.1. The maximum atomic E-state index is 12.1. The standard InChI is InChI=1S/C15H11BrN2O3S/c16-12-4-2-1-3-11(12)13(19)18-15(22)17-10-7-5-9(6-8-10)14(20)21/h1-8H,(H,20,21)(H2,17,18,19,22). The van der Waals surface area contributed by atoms with Crippen molar-refractivity contribution >= 4 is 50.8 Å². The van der Waals surface area contributed by atoms with Gasteiger partial charge in [0.25, 0.3) is 5.91 Å². The third-order valence-corrected chi connectivity index (χ3v) is 3.63. The quantitative estimate of drug-likeness (QED) is 0.714. The number of benzene rings is 2. The Hall–Kier alpha value is -2.25. The van der Waals surface area contributed by atoms with Gasteiger partial charge >= 0.3 is 5.97 Å². The monoisotopic (exact) mass is 378 g/mol. The molecule has 0 fully saturated rings. The maximum Gasteiger partial charge on any atom is 0.335 e. The number of aromatic carboxylic acids is 1. The molecule has 22 heavy (non-hydrogen) atoms. The van der Waals surface area contributed by atoms with Crippen LogP contribution in [0.25, 0.3) is 0 Å². The Bertz CT molecular complexity index is 732. The van der Waals surface area contributed by atoms with Gasteiger partial charge in [-0.25, -0.2) is 4.79 Å². The largest absolute Gasteiger partial charge is 0.478 e. The van der Waals surface area contributed by atoms with Crippen molar-refractivity contribution in [2.75, 3.05) is 5.32 Å². The predicted octanol–water partition coefficient (Wildman–Crippen LogP) is 3.27. The van der Waals surface area contributed by atoms with Crippen molar-refractivity contribution in [3.05, 3.63) is 64.1 Å². The molecule has 2 rings (SSSR count). The second-order valence-corrected chi connectivity index (χ2v) is 5.53. The van der Waals surface area contributed by atoms with Crippen LogP contribution < -0.4 is 10.6 Å². The van der Waals surface area contributed by atoms with Crippen LogP contribution in [-0.4, -0.2) is 22.1 Å². The topological polar surface area (TPSA) is 78.4 Å². The number of anilines is 1. The van der Waals surface area contributed by atoms with Gasteiger partial charge in [-0.3, -0.25) is 10.1 Å². The number of hydrogen-bond donors (Lipinski definition) is 3. The summed E-state index contributed by atoms with van der Waals surface area (Å²) in [5, 5.41) is 14.3. The lowest BCUT2D eigenvalue weighted by Gasteiger charge is -2.10. The number of carbonyl (C=O) groups excluding carboxylic acids is 1. The van der Waals surface area contributed by atoms with Crippen LogP contribution in [0, 0.1) is 0 Å². The van der Waals surface area contributed by atoms with Crippen LogP contribution in [0.2, 0.25) is 0 Å². The summed E-state index contributed by atoms with van der Waals surface area (Å²) in [6, 6.07) is 13.0. The van der Waals surface area contributed by atoms with E-state index in [1.807, 2.05) is 0 Å². The van der Waals surface area contributed by atoms with Crippen molar-refractivity contribution in [1.29, 1.82) is 0 Å². The van der Waals surface area contributed by atoms with Gasteiger partial charge in [0.05, 0.1) is 11.1 Å². The number of amides is 1. The first-order valence-corrected chi connectivity index (χ1v) is 7.37. The first-order chi connectivity index (χ1) is 10.5. The Balaban J connectivity index is 1.99. The van der Waals surface area contributed by atoms with E-state index >= 15 is 0 Å². The summed E-state index contributed by atoms with van der Waals surface area (Å²) in [6.07, 6.45) is 0. The molecule has 5 nitrogen and oxygen atoms in total. The van der Waals surface area contributed by atoms with E-state index in [1.165, 1.54) is 12.1 Å². The van der Waals surface area contributed by atoms with Crippen LogP contribution in [-0.2, 0) is 0 Å². The van der Waals surface area contributed by atoms with Crippen molar-refractivity contribution in [3.63, 3.8) is 0 Å². The summed E-state index contributed by atoms with van der Waals surface area (Å²) in [6.45, 7) is 0. The minimum atomic E-state index is -1.00. The van der Waals surface area contributed by atoms with Crippen molar-refractivity contribution in [2.45, 2.75) is 0 Å². The summed E-state index contributed by atoms with van der Waals surface area (Å²) >= 11 is 8.36. The van der Waals surface area contributed by atoms with Gasteiger partial charge in [-0.1, -0.05) is 12.1 Å². The van der Waals surface area contributed by atoms with Crippen LogP contribution in [0.5, 0.6) is 0 Å². The second-order valence-electron chi connectivity index (χ2n) is 4.27. The van der Waals surface area contributed by atoms with Crippen molar-refractivity contribution in [2.24, 2.45) is 0 Å². The highest BCUT2D eigenvalue weighted by Crippen LogP contribution is 2.15. The first kappa shape index (κ1) is 16.1. The third-order valence-electron chi connectivity index (χ3n) is 2.74. The molecule has 0 heterocycles. The molecule has 0 aliphatic carbocycles. The normalized spacial score (nSPS) is 9.86. The van der Waals surface area contributed by atoms with Gasteiger partial charge < -0.3 is 10.4 Å². The summed E-state index contributed by atoms with van der Waals surface area (Å²) in [5.41, 5.74) is 1.23. The van der Waals surface area contributed by atoms with Crippen LogP contribution >= 0.6 is 28.1 Å². The number of nitrogens with one attached hydrogen (secondary N) is 2. The zero-order valence-corrected chi connectivity index (χ0v) is 13.6. The molecule has 0 saturated carbocycles. The lowest BCUT2D eigenvalue weighted by molar-refractivity contribution is 0.0696. The SMILES string of the molecule is O=C(O)c1ccc(NC(=S)NC(=O)c2ccccc2Br)cc1. The lowest BCUT2D eigenvalue weighted by Crippen LogP contribution is -2.34. The van der Waals surface area contributed by atoms with E-state index < -0.39 is 5.97 Å². The molecule has 7 heteroatoms. The van der Waals surface area contributed by atoms with Crippen LogP contribution in [0.1, 0.15) is 20.7 Å². The summed E-state index contributed by atoms with van der Waals surface area (Å²) in [5.74, 6) is -1.34. The first-order valence-electron chi connectivity index (χ1n) is 6.17. The fourth-order valence-corrected chi connectivity index (χ4v) is 2.35. The minimum Gasteiger partial charge on any atom is -0.478 e. The average Bonchev–Trinajstić information content (AvgIpc) is 2.48. The summed E-state index contributed by atoms with van der Waals surface area (Å²) < 4.78 is 0.668. The van der Waals surface area contributed by atoms with Crippen molar-refractivity contribution < 1.29 is 14.7 Å². The molecule has 0 aliphatic rings. The molecule has 0 radical (unpaired) electrons. The van der Waals surface area contributed by atoms with Crippen molar-refractivity contribution in [1.82, 2.24) is 5.32 Å². The fraction of sp³-hybridized carbons (Fsp3) is 0. The van der Waals surface area contributed by atoms with Gasteiger partial charge in [-0.05, 0) is 64.5 Å². The van der Waals surface area contributed by atoms with E-state index in [2.05, 4.69) is 26.6 Å². The molecule has 0 aromatic heterocycles. The third kappa shape index (κ3) is 4.12. The van der Waals surface area contributed by atoms with Crippen LogP contribution in [0.15, 0.2) is 53.0 Å². The Kier molecular flexibility index (Phi) is 5.24. The Labute approximate surface area is 140 Å². The molecule has 2 aromatic carbocycles. The number of thiocarbonyl (C=S) groups is 1. The smallest absolute Gasteiger partial charge is 0.335 e. The zero-order chi connectivity index (χ0) is 16.1. The van der Waals surface area contributed by atoms with Gasteiger partial charge in [-0.15, -0.1) is 0 Å². The highest BCUT2D eigenvalue weighted by molar-refractivity contribution is 9.10. The number of rotatable bonds is 3. The van der Waals surface area contributed by atoms with Crippen molar-refractivity contribution in [3.8, 4) is 0 Å². The highest BCUT2D eigenvalue weighted by atomic mass is 79.9. The van der Waals surface area contributed by atoms with E-state index in [9.17, 15) is 9.59 Å². The number of halogens is 1. The molecule has 0 saturated heterocycles. The van der Waals surface area contributed by atoms with E-state index in [1.54, 1.807) is 36.4 Å². The second kappa shape index (κ2) is 7.15. The van der Waals surface area contributed by atoms with Gasteiger partial charge in [0.1, 0.15) is 0 Å². The zero-order valence-electron chi connectivity index (χ0n) is 11.2. The summed E-state index contributed by atoms with van der Waals surface area (Å²) in [4.78, 5) is 22.8. The van der Waals surface area contributed by atoms with E-state index in [0.717, 1.165) is 0 Å². The lowest BCUT2D eigenvalue weighted by atomic mass is 10.2.